The first-order valence-corrected chi connectivity index (χ1v) is 5.00. The molecule has 2 aromatic rings. The molecule has 0 bridgehead atoms. The summed E-state index contributed by atoms with van der Waals surface area (Å²) in [6, 6.07) is 3.84. The lowest BCUT2D eigenvalue weighted by Crippen LogP contribution is -2.09. The molecule has 82 valence electrons. The molecule has 0 aliphatic rings. The van der Waals surface area contributed by atoms with Gasteiger partial charge in [0.15, 0.2) is 5.43 Å². The lowest BCUT2D eigenvalue weighted by molar-refractivity contribution is 0.0691. The van der Waals surface area contributed by atoms with Crippen LogP contribution in [0.25, 0.3) is 10.9 Å². The van der Waals surface area contributed by atoms with Crippen molar-refractivity contribution in [2.45, 2.75) is 0 Å². The first-order chi connectivity index (χ1) is 7.49. The highest BCUT2D eigenvalue weighted by Crippen LogP contribution is 2.25. The average molecular weight is 258 g/mol. The monoisotopic (exact) mass is 257 g/mol. The molecule has 1 aromatic heterocycles. The maximum Gasteiger partial charge on any atom is 0.352 e. The second-order valence-corrected chi connectivity index (χ2v) is 3.98. The number of benzene rings is 1. The molecular formula is C10H5Cl2NO3. The van der Waals surface area contributed by atoms with Crippen molar-refractivity contribution in [3.05, 3.63) is 44.2 Å². The van der Waals surface area contributed by atoms with Gasteiger partial charge in [0, 0.05) is 11.5 Å². The van der Waals surface area contributed by atoms with E-state index in [1.54, 1.807) is 0 Å². The van der Waals surface area contributed by atoms with Crippen LogP contribution in [0.4, 0.5) is 0 Å². The molecular weight excluding hydrogens is 253 g/mol. The van der Waals surface area contributed by atoms with Gasteiger partial charge in [-0.15, -0.1) is 0 Å². The molecule has 6 heteroatoms. The van der Waals surface area contributed by atoms with Crippen LogP contribution >= 0.6 is 23.2 Å². The Labute approximate surface area is 99.4 Å². The van der Waals surface area contributed by atoms with Crippen molar-refractivity contribution >= 4 is 40.1 Å². The van der Waals surface area contributed by atoms with Gasteiger partial charge in [0.25, 0.3) is 0 Å². The van der Waals surface area contributed by atoms with E-state index < -0.39 is 11.4 Å². The standard InChI is InChI=1S/C10H5Cl2NO3/c11-5-1-4-7(2-6(5)12)13-8(10(15)16)3-9(4)14/h1-3H,(H,13,14)(H,15,16). The van der Waals surface area contributed by atoms with Crippen molar-refractivity contribution < 1.29 is 9.90 Å². The number of aromatic carboxylic acids is 1. The van der Waals surface area contributed by atoms with Crippen molar-refractivity contribution in [3.63, 3.8) is 0 Å². The van der Waals surface area contributed by atoms with Crippen molar-refractivity contribution in [3.8, 4) is 0 Å². The predicted molar refractivity (Wildman–Crippen MR) is 61.5 cm³/mol. The fraction of sp³-hybridized carbons (Fsp3) is 0. The smallest absolute Gasteiger partial charge is 0.352 e. The molecule has 1 aromatic carbocycles. The van der Waals surface area contributed by atoms with Gasteiger partial charge in [-0.3, -0.25) is 4.79 Å². The zero-order chi connectivity index (χ0) is 11.9. The van der Waals surface area contributed by atoms with Gasteiger partial charge in [-0.25, -0.2) is 4.79 Å². The molecule has 1 heterocycles. The van der Waals surface area contributed by atoms with Crippen LogP contribution in [0.2, 0.25) is 10.0 Å². The number of rotatable bonds is 1. The molecule has 0 saturated heterocycles. The Morgan fingerprint density at radius 3 is 2.44 bits per heavy atom. The van der Waals surface area contributed by atoms with E-state index in [0.717, 1.165) is 6.07 Å². The zero-order valence-corrected chi connectivity index (χ0v) is 9.26. The molecule has 0 unspecified atom stereocenters. The number of carboxylic acid groups (broad SMARTS) is 1. The summed E-state index contributed by atoms with van der Waals surface area (Å²) >= 11 is 11.5. The van der Waals surface area contributed by atoms with E-state index in [1.807, 2.05) is 0 Å². The van der Waals surface area contributed by atoms with Crippen LogP contribution < -0.4 is 5.43 Å². The summed E-state index contributed by atoms with van der Waals surface area (Å²) in [5, 5.41) is 9.58. The second-order valence-electron chi connectivity index (χ2n) is 3.16. The fourth-order valence-corrected chi connectivity index (χ4v) is 1.69. The summed E-state index contributed by atoms with van der Waals surface area (Å²) in [5.41, 5.74) is -0.250. The summed E-state index contributed by atoms with van der Waals surface area (Å²) in [5.74, 6) is -1.20. The number of hydrogen-bond donors (Lipinski definition) is 2. The summed E-state index contributed by atoms with van der Waals surface area (Å²) in [4.78, 5) is 24.9. The third-order valence-corrected chi connectivity index (χ3v) is 2.82. The normalized spacial score (nSPS) is 10.6. The lowest BCUT2D eigenvalue weighted by Gasteiger charge is -2.02. The molecule has 2 rings (SSSR count). The Hall–Kier alpha value is -1.52. The number of aromatic nitrogens is 1. The van der Waals surface area contributed by atoms with Crippen LogP contribution in [-0.4, -0.2) is 16.1 Å². The third-order valence-electron chi connectivity index (χ3n) is 2.10. The van der Waals surface area contributed by atoms with Crippen molar-refractivity contribution in [1.82, 2.24) is 4.98 Å². The molecule has 0 fully saturated rings. The van der Waals surface area contributed by atoms with Crippen LogP contribution in [0.5, 0.6) is 0 Å². The Morgan fingerprint density at radius 2 is 1.81 bits per heavy atom. The molecule has 0 spiro atoms. The molecule has 16 heavy (non-hydrogen) atoms. The molecule has 0 radical (unpaired) electrons. The highest BCUT2D eigenvalue weighted by Gasteiger charge is 2.09. The summed E-state index contributed by atoms with van der Waals surface area (Å²) in [7, 11) is 0. The number of carboxylic acids is 1. The Bertz CT molecular complexity index is 648. The Kier molecular flexibility index (Phi) is 2.61. The molecule has 0 amide bonds. The number of fused-ring (bicyclic) bond motifs is 1. The minimum Gasteiger partial charge on any atom is -0.477 e. The first kappa shape index (κ1) is 11.0. The molecule has 2 N–H and O–H groups in total. The van der Waals surface area contributed by atoms with Crippen LogP contribution in [0, 0.1) is 0 Å². The maximum absolute atomic E-state index is 11.6. The Morgan fingerprint density at radius 1 is 1.19 bits per heavy atom. The van der Waals surface area contributed by atoms with Gasteiger partial charge in [-0.05, 0) is 12.1 Å². The van der Waals surface area contributed by atoms with E-state index in [0.29, 0.717) is 10.9 Å². The molecule has 0 aliphatic heterocycles. The van der Waals surface area contributed by atoms with Gasteiger partial charge in [0.2, 0.25) is 0 Å². The summed E-state index contributed by atoms with van der Waals surface area (Å²) < 4.78 is 0. The highest BCUT2D eigenvalue weighted by molar-refractivity contribution is 6.42. The number of halogens is 2. The molecule has 0 atom stereocenters. The van der Waals surface area contributed by atoms with Gasteiger partial charge in [0.1, 0.15) is 5.69 Å². The minimum absolute atomic E-state index is 0.184. The maximum atomic E-state index is 11.6. The van der Waals surface area contributed by atoms with E-state index in [4.69, 9.17) is 28.3 Å². The number of nitrogens with one attached hydrogen (secondary N) is 1. The van der Waals surface area contributed by atoms with E-state index in [1.165, 1.54) is 12.1 Å². The number of H-pyrrole nitrogens is 1. The molecule has 4 nitrogen and oxygen atoms in total. The van der Waals surface area contributed by atoms with Crippen molar-refractivity contribution in [2.75, 3.05) is 0 Å². The fourth-order valence-electron chi connectivity index (χ4n) is 1.36. The van der Waals surface area contributed by atoms with Crippen LogP contribution in [0.3, 0.4) is 0 Å². The van der Waals surface area contributed by atoms with Gasteiger partial charge in [-0.1, -0.05) is 23.2 Å². The van der Waals surface area contributed by atoms with E-state index in [9.17, 15) is 9.59 Å². The highest BCUT2D eigenvalue weighted by atomic mass is 35.5. The van der Waals surface area contributed by atoms with Gasteiger partial charge >= 0.3 is 5.97 Å². The zero-order valence-electron chi connectivity index (χ0n) is 7.75. The molecule has 0 saturated carbocycles. The van der Waals surface area contributed by atoms with Crippen molar-refractivity contribution in [1.29, 1.82) is 0 Å². The number of hydrogen-bond acceptors (Lipinski definition) is 2. The number of aromatic amines is 1. The van der Waals surface area contributed by atoms with Gasteiger partial charge in [0.05, 0.1) is 15.6 Å². The Balaban J connectivity index is 2.88. The van der Waals surface area contributed by atoms with E-state index in [-0.39, 0.29) is 15.7 Å². The third kappa shape index (κ3) is 1.77. The molecule has 0 aliphatic carbocycles. The lowest BCUT2D eigenvalue weighted by atomic mass is 10.2. The van der Waals surface area contributed by atoms with Crippen LogP contribution in [-0.2, 0) is 0 Å². The van der Waals surface area contributed by atoms with Gasteiger partial charge < -0.3 is 10.1 Å². The topological polar surface area (TPSA) is 70.2 Å². The van der Waals surface area contributed by atoms with Gasteiger partial charge in [-0.2, -0.15) is 0 Å². The summed E-state index contributed by atoms with van der Waals surface area (Å²) in [6.07, 6.45) is 0. The van der Waals surface area contributed by atoms with Crippen LogP contribution in [0.1, 0.15) is 10.5 Å². The van der Waals surface area contributed by atoms with E-state index >= 15 is 0 Å². The minimum atomic E-state index is -1.20. The quantitative estimate of drug-likeness (QED) is 0.825. The SMILES string of the molecule is O=C(O)c1cc(=O)c2cc(Cl)c(Cl)cc2[nH]1. The van der Waals surface area contributed by atoms with Crippen molar-refractivity contribution in [2.24, 2.45) is 0 Å². The number of pyridine rings is 1. The summed E-state index contributed by atoms with van der Waals surface area (Å²) in [6.45, 7) is 0. The van der Waals surface area contributed by atoms with E-state index in [2.05, 4.69) is 4.98 Å². The van der Waals surface area contributed by atoms with Crippen LogP contribution in [0.15, 0.2) is 23.0 Å². The average Bonchev–Trinajstić information content (AvgIpc) is 2.20. The predicted octanol–water partition coefficient (Wildman–Crippen LogP) is 2.53. The first-order valence-electron chi connectivity index (χ1n) is 4.24. The number of carbonyl (C=O) groups is 1. The largest absolute Gasteiger partial charge is 0.477 e. The second kappa shape index (κ2) is 3.81.